The van der Waals surface area contributed by atoms with Gasteiger partial charge in [0, 0.05) is 11.3 Å². The summed E-state index contributed by atoms with van der Waals surface area (Å²) in [5.74, 6) is 1.49. The molecule has 0 saturated heterocycles. The highest BCUT2D eigenvalue weighted by atomic mass is 32.2. The number of unbranched alkanes of at least 4 members (excludes halogenated alkanes) is 1. The van der Waals surface area contributed by atoms with Crippen molar-refractivity contribution in [2.45, 2.75) is 59.0 Å². The summed E-state index contributed by atoms with van der Waals surface area (Å²) < 4.78 is 5.76. The smallest absolute Gasteiger partial charge is 0.234 e. The molecular formula is C26H33N3O2S. The molecule has 6 heteroatoms. The Morgan fingerprint density at radius 1 is 1.12 bits per heavy atom. The molecule has 3 rings (SSSR count). The van der Waals surface area contributed by atoms with E-state index in [9.17, 15) is 4.79 Å². The van der Waals surface area contributed by atoms with Gasteiger partial charge in [0.1, 0.15) is 16.5 Å². The first-order chi connectivity index (χ1) is 15.3. The zero-order valence-electron chi connectivity index (χ0n) is 19.6. The van der Waals surface area contributed by atoms with E-state index < -0.39 is 5.66 Å². The molecule has 170 valence electrons. The number of rotatable bonds is 9. The van der Waals surface area contributed by atoms with Gasteiger partial charge in [-0.1, -0.05) is 51.1 Å². The summed E-state index contributed by atoms with van der Waals surface area (Å²) in [5.41, 5.74) is 3.30. The number of nitrogens with zero attached hydrogens (tertiary/aromatic N) is 2. The lowest BCUT2D eigenvalue weighted by Crippen LogP contribution is -2.18. The van der Waals surface area contributed by atoms with Crippen molar-refractivity contribution in [2.75, 3.05) is 17.7 Å². The summed E-state index contributed by atoms with van der Waals surface area (Å²) in [6.07, 6.45) is 2.15. The summed E-state index contributed by atoms with van der Waals surface area (Å²) in [5, 5.41) is 3.79. The normalized spacial score (nSPS) is 14.8. The van der Waals surface area contributed by atoms with Gasteiger partial charge in [-0.25, -0.2) is 4.99 Å². The number of hydrogen-bond donors (Lipinski definition) is 1. The molecule has 1 aliphatic heterocycles. The number of amides is 1. The van der Waals surface area contributed by atoms with E-state index in [-0.39, 0.29) is 11.7 Å². The predicted molar refractivity (Wildman–Crippen MR) is 137 cm³/mol. The Kier molecular flexibility index (Phi) is 8.13. The van der Waals surface area contributed by atoms with Crippen molar-refractivity contribution >= 4 is 34.1 Å². The summed E-state index contributed by atoms with van der Waals surface area (Å²) in [6, 6.07) is 16.0. The maximum atomic E-state index is 12.6. The lowest BCUT2D eigenvalue weighted by atomic mass is 10.0. The molecule has 5 nitrogen and oxygen atoms in total. The first-order valence-corrected chi connectivity index (χ1v) is 12.2. The third kappa shape index (κ3) is 6.70. The predicted octanol–water partition coefficient (Wildman–Crippen LogP) is 6.30. The van der Waals surface area contributed by atoms with Gasteiger partial charge in [0.25, 0.3) is 0 Å². The molecule has 0 fully saturated rings. The molecule has 0 aliphatic carbocycles. The monoisotopic (exact) mass is 451 g/mol. The highest BCUT2D eigenvalue weighted by Gasteiger charge is 2.28. The minimum Gasteiger partial charge on any atom is -0.494 e. The molecule has 32 heavy (non-hydrogen) atoms. The second-order valence-corrected chi connectivity index (χ2v) is 9.68. The minimum atomic E-state index is -0.532. The van der Waals surface area contributed by atoms with E-state index in [2.05, 4.69) is 32.2 Å². The SMILES string of the molecule is CCCCOc1ccc(C2=NC(C)(C)N=C2SCC(=O)Nc2cccc(C(C)C)c2)cc1. The third-order valence-corrected chi connectivity index (χ3v) is 6.00. The molecule has 0 atom stereocenters. The molecule has 1 heterocycles. The van der Waals surface area contributed by atoms with Gasteiger partial charge < -0.3 is 10.1 Å². The third-order valence-electron chi connectivity index (χ3n) is 5.03. The zero-order valence-corrected chi connectivity index (χ0v) is 20.5. The fraction of sp³-hybridized carbons (Fsp3) is 0.423. The first-order valence-electron chi connectivity index (χ1n) is 11.2. The Labute approximate surface area is 195 Å². The number of nitrogens with one attached hydrogen (secondary N) is 1. The number of benzene rings is 2. The molecule has 2 aromatic rings. The van der Waals surface area contributed by atoms with Crippen molar-refractivity contribution in [1.29, 1.82) is 0 Å². The molecule has 2 aromatic carbocycles. The quantitative estimate of drug-likeness (QED) is 0.455. The summed E-state index contributed by atoms with van der Waals surface area (Å²) in [4.78, 5) is 22.1. The van der Waals surface area contributed by atoms with Crippen LogP contribution >= 0.6 is 11.8 Å². The minimum absolute atomic E-state index is 0.0534. The van der Waals surface area contributed by atoms with E-state index in [0.29, 0.717) is 5.92 Å². The number of carbonyl (C=O) groups excluding carboxylic acids is 1. The van der Waals surface area contributed by atoms with Crippen LogP contribution < -0.4 is 10.1 Å². The van der Waals surface area contributed by atoms with Crippen LogP contribution in [0.2, 0.25) is 0 Å². The molecule has 0 spiro atoms. The second kappa shape index (κ2) is 10.8. The Balaban J connectivity index is 1.63. The molecule has 1 N–H and O–H groups in total. The molecule has 0 bridgehead atoms. The van der Waals surface area contributed by atoms with Gasteiger partial charge in [0.15, 0.2) is 0 Å². The fourth-order valence-corrected chi connectivity index (χ4v) is 4.21. The molecular weight excluding hydrogens is 418 g/mol. The van der Waals surface area contributed by atoms with Gasteiger partial charge in [0.05, 0.1) is 18.1 Å². The van der Waals surface area contributed by atoms with Gasteiger partial charge in [-0.15, -0.1) is 0 Å². The largest absolute Gasteiger partial charge is 0.494 e. The van der Waals surface area contributed by atoms with E-state index in [4.69, 9.17) is 14.7 Å². The lowest BCUT2D eigenvalue weighted by Gasteiger charge is -2.10. The van der Waals surface area contributed by atoms with E-state index in [0.717, 1.165) is 47.2 Å². The average Bonchev–Trinajstić information content (AvgIpc) is 3.07. The highest BCUT2D eigenvalue weighted by Crippen LogP contribution is 2.28. The van der Waals surface area contributed by atoms with Gasteiger partial charge >= 0.3 is 0 Å². The van der Waals surface area contributed by atoms with Gasteiger partial charge in [0.2, 0.25) is 5.91 Å². The van der Waals surface area contributed by atoms with E-state index in [1.165, 1.54) is 17.3 Å². The lowest BCUT2D eigenvalue weighted by molar-refractivity contribution is -0.113. The molecule has 0 radical (unpaired) electrons. The first kappa shape index (κ1) is 24.1. The van der Waals surface area contributed by atoms with E-state index in [1.807, 2.05) is 56.3 Å². The number of aliphatic imine (C=N–C) groups is 2. The van der Waals surface area contributed by atoms with Crippen molar-refractivity contribution in [3.05, 3.63) is 59.7 Å². The van der Waals surface area contributed by atoms with E-state index >= 15 is 0 Å². The highest BCUT2D eigenvalue weighted by molar-refractivity contribution is 8.16. The number of thioether (sulfide) groups is 1. The number of hydrogen-bond acceptors (Lipinski definition) is 5. The van der Waals surface area contributed by atoms with Crippen LogP contribution in [0.1, 0.15) is 64.5 Å². The van der Waals surface area contributed by atoms with Crippen molar-refractivity contribution in [3.63, 3.8) is 0 Å². The number of carbonyl (C=O) groups is 1. The Hall–Kier alpha value is -2.60. The van der Waals surface area contributed by atoms with Gasteiger partial charge in [-0.3, -0.25) is 9.79 Å². The van der Waals surface area contributed by atoms with Crippen molar-refractivity contribution in [3.8, 4) is 5.75 Å². The number of anilines is 1. The van der Waals surface area contributed by atoms with Crippen LogP contribution in [0.4, 0.5) is 5.69 Å². The Bertz CT molecular complexity index is 994. The van der Waals surface area contributed by atoms with E-state index in [1.54, 1.807) is 0 Å². The zero-order chi connectivity index (χ0) is 23.1. The van der Waals surface area contributed by atoms with Crippen LogP contribution in [-0.4, -0.2) is 34.7 Å². The Morgan fingerprint density at radius 2 is 1.88 bits per heavy atom. The maximum Gasteiger partial charge on any atom is 0.234 e. The van der Waals surface area contributed by atoms with Crippen LogP contribution in [0.15, 0.2) is 58.5 Å². The van der Waals surface area contributed by atoms with Gasteiger partial charge in [-0.05, 0) is 68.1 Å². The summed E-state index contributed by atoms with van der Waals surface area (Å²) >= 11 is 1.42. The molecule has 1 amide bonds. The maximum absolute atomic E-state index is 12.6. The second-order valence-electron chi connectivity index (χ2n) is 8.72. The molecule has 0 unspecified atom stereocenters. The van der Waals surface area contributed by atoms with Crippen molar-refractivity contribution in [2.24, 2.45) is 9.98 Å². The van der Waals surface area contributed by atoms with Gasteiger partial charge in [-0.2, -0.15) is 0 Å². The molecule has 0 saturated carbocycles. The topological polar surface area (TPSA) is 63.1 Å². The van der Waals surface area contributed by atoms with Crippen LogP contribution in [-0.2, 0) is 4.79 Å². The van der Waals surface area contributed by atoms with Crippen LogP contribution in [0.25, 0.3) is 0 Å². The van der Waals surface area contributed by atoms with Crippen LogP contribution in [0.3, 0.4) is 0 Å². The molecule has 0 aromatic heterocycles. The summed E-state index contributed by atoms with van der Waals surface area (Å²) in [7, 11) is 0. The summed E-state index contributed by atoms with van der Waals surface area (Å²) in [6.45, 7) is 11.1. The Morgan fingerprint density at radius 3 is 2.56 bits per heavy atom. The van der Waals surface area contributed by atoms with Crippen molar-refractivity contribution in [1.82, 2.24) is 0 Å². The fourth-order valence-electron chi connectivity index (χ4n) is 3.29. The van der Waals surface area contributed by atoms with Crippen LogP contribution in [0.5, 0.6) is 5.75 Å². The van der Waals surface area contributed by atoms with Crippen molar-refractivity contribution < 1.29 is 9.53 Å². The van der Waals surface area contributed by atoms with Crippen LogP contribution in [0, 0.1) is 0 Å². The molecule has 1 aliphatic rings. The number of ether oxygens (including phenoxy) is 1. The standard InChI is InChI=1S/C26H33N3O2S/c1-6-7-15-31-22-13-11-19(12-14-22)24-25(29-26(4,5)28-24)32-17-23(30)27-21-10-8-9-20(16-21)18(2)3/h8-14,16,18H,6-7,15,17H2,1-5H3,(H,27,30). The average molecular weight is 452 g/mol.